The summed E-state index contributed by atoms with van der Waals surface area (Å²) in [7, 11) is 2.01. The SMILES string of the molecule is Cc1ccc(NC(=O)CN(C)[C@H]2C[C@H]3CNC(=O)C[C@H]3C2)c(C)c1. The maximum absolute atomic E-state index is 12.4. The molecule has 3 atom stereocenters. The molecule has 3 rings (SSSR count). The zero-order chi connectivity index (χ0) is 17.3. The summed E-state index contributed by atoms with van der Waals surface area (Å²) in [6, 6.07) is 6.44. The summed E-state index contributed by atoms with van der Waals surface area (Å²) in [4.78, 5) is 26.0. The highest BCUT2D eigenvalue weighted by Crippen LogP contribution is 2.38. The quantitative estimate of drug-likeness (QED) is 0.889. The lowest BCUT2D eigenvalue weighted by atomic mass is 9.89. The van der Waals surface area contributed by atoms with Crippen LogP contribution < -0.4 is 10.6 Å². The standard InChI is InChI=1S/C19H27N3O2/c1-12-4-5-17(13(2)6-12)21-19(24)11-22(3)16-7-14-9-18(23)20-10-15(14)8-16/h4-6,14-16H,7-11H2,1-3H3,(H,20,23)(H,21,24)/t14-,15+,16-/m1/s1. The fourth-order valence-electron chi connectivity index (χ4n) is 4.09. The van der Waals surface area contributed by atoms with Gasteiger partial charge in [0.15, 0.2) is 0 Å². The molecular formula is C19H27N3O2. The van der Waals surface area contributed by atoms with Crippen molar-refractivity contribution >= 4 is 17.5 Å². The van der Waals surface area contributed by atoms with E-state index in [1.807, 2.05) is 33.0 Å². The van der Waals surface area contributed by atoms with E-state index in [9.17, 15) is 9.59 Å². The molecule has 0 spiro atoms. The molecule has 0 unspecified atom stereocenters. The Morgan fingerprint density at radius 2 is 2.04 bits per heavy atom. The molecule has 0 aromatic heterocycles. The molecular weight excluding hydrogens is 302 g/mol. The minimum Gasteiger partial charge on any atom is -0.356 e. The van der Waals surface area contributed by atoms with Gasteiger partial charge in [0.1, 0.15) is 0 Å². The summed E-state index contributed by atoms with van der Waals surface area (Å²) >= 11 is 0. The van der Waals surface area contributed by atoms with Gasteiger partial charge in [-0.3, -0.25) is 14.5 Å². The van der Waals surface area contributed by atoms with Crippen LogP contribution in [0.25, 0.3) is 0 Å². The minimum atomic E-state index is 0.0218. The largest absolute Gasteiger partial charge is 0.356 e. The second-order valence-electron chi connectivity index (χ2n) is 7.44. The number of benzene rings is 1. The molecule has 1 heterocycles. The molecule has 2 fully saturated rings. The molecule has 1 aromatic rings. The lowest BCUT2D eigenvalue weighted by Gasteiger charge is -2.24. The molecule has 0 bridgehead atoms. The predicted molar refractivity (Wildman–Crippen MR) is 94.8 cm³/mol. The maximum Gasteiger partial charge on any atom is 0.238 e. The Morgan fingerprint density at radius 3 is 2.79 bits per heavy atom. The van der Waals surface area contributed by atoms with Crippen LogP contribution in [0.1, 0.15) is 30.4 Å². The van der Waals surface area contributed by atoms with Crippen LogP contribution >= 0.6 is 0 Å². The van der Waals surface area contributed by atoms with E-state index in [2.05, 4.69) is 21.6 Å². The van der Waals surface area contributed by atoms with Crippen molar-refractivity contribution in [2.75, 3.05) is 25.5 Å². The number of hydrogen-bond acceptors (Lipinski definition) is 3. The topological polar surface area (TPSA) is 61.4 Å². The number of nitrogens with one attached hydrogen (secondary N) is 2. The zero-order valence-corrected chi connectivity index (χ0v) is 14.8. The van der Waals surface area contributed by atoms with Gasteiger partial charge in [-0.1, -0.05) is 17.7 Å². The van der Waals surface area contributed by atoms with Crippen LogP contribution in [0.4, 0.5) is 5.69 Å². The average Bonchev–Trinajstić information content (AvgIpc) is 2.93. The summed E-state index contributed by atoms with van der Waals surface area (Å²) in [5.41, 5.74) is 3.16. The molecule has 1 aliphatic heterocycles. The first kappa shape index (κ1) is 17.0. The number of rotatable bonds is 4. The van der Waals surface area contributed by atoms with Crippen LogP contribution in [0.5, 0.6) is 0 Å². The molecule has 5 heteroatoms. The van der Waals surface area contributed by atoms with E-state index in [4.69, 9.17) is 0 Å². The van der Waals surface area contributed by atoms with Crippen molar-refractivity contribution in [2.45, 2.75) is 39.2 Å². The van der Waals surface area contributed by atoms with Gasteiger partial charge in [0.2, 0.25) is 11.8 Å². The van der Waals surface area contributed by atoms with Crippen molar-refractivity contribution in [3.05, 3.63) is 29.3 Å². The monoisotopic (exact) mass is 329 g/mol. The summed E-state index contributed by atoms with van der Waals surface area (Å²) in [6.45, 7) is 5.24. The van der Waals surface area contributed by atoms with E-state index in [1.165, 1.54) is 5.56 Å². The highest BCUT2D eigenvalue weighted by atomic mass is 16.2. The van der Waals surface area contributed by atoms with Crippen LogP contribution in [-0.2, 0) is 9.59 Å². The molecule has 130 valence electrons. The number of nitrogens with zero attached hydrogens (tertiary/aromatic N) is 1. The molecule has 1 saturated carbocycles. The Bertz CT molecular complexity index is 643. The van der Waals surface area contributed by atoms with Crippen molar-refractivity contribution in [1.29, 1.82) is 0 Å². The van der Waals surface area contributed by atoms with Crippen LogP contribution in [0.15, 0.2) is 18.2 Å². The maximum atomic E-state index is 12.4. The summed E-state index contributed by atoms with van der Waals surface area (Å²) in [6.07, 6.45) is 2.73. The Labute approximate surface area is 143 Å². The fraction of sp³-hybridized carbons (Fsp3) is 0.579. The van der Waals surface area contributed by atoms with Gasteiger partial charge in [-0.2, -0.15) is 0 Å². The second-order valence-corrected chi connectivity index (χ2v) is 7.44. The van der Waals surface area contributed by atoms with Gasteiger partial charge in [-0.25, -0.2) is 0 Å². The van der Waals surface area contributed by atoms with E-state index in [0.29, 0.717) is 30.8 Å². The number of anilines is 1. The van der Waals surface area contributed by atoms with E-state index in [0.717, 1.165) is 30.6 Å². The molecule has 5 nitrogen and oxygen atoms in total. The van der Waals surface area contributed by atoms with Gasteiger partial charge in [-0.15, -0.1) is 0 Å². The van der Waals surface area contributed by atoms with Gasteiger partial charge < -0.3 is 10.6 Å². The van der Waals surface area contributed by atoms with Crippen molar-refractivity contribution in [3.8, 4) is 0 Å². The highest BCUT2D eigenvalue weighted by molar-refractivity contribution is 5.93. The second kappa shape index (κ2) is 6.93. The number of fused-ring (bicyclic) bond motifs is 1. The van der Waals surface area contributed by atoms with Gasteiger partial charge in [0, 0.05) is 24.7 Å². The molecule has 24 heavy (non-hydrogen) atoms. The summed E-state index contributed by atoms with van der Waals surface area (Å²) in [5.74, 6) is 1.24. The number of carbonyl (C=O) groups excluding carboxylic acids is 2. The predicted octanol–water partition coefficient (Wildman–Crippen LogP) is 2.09. The minimum absolute atomic E-state index is 0.0218. The Kier molecular flexibility index (Phi) is 4.90. The van der Waals surface area contributed by atoms with E-state index >= 15 is 0 Å². The molecule has 2 N–H and O–H groups in total. The average molecular weight is 329 g/mol. The van der Waals surface area contributed by atoms with Gasteiger partial charge >= 0.3 is 0 Å². The first-order chi connectivity index (χ1) is 11.4. The molecule has 2 aliphatic rings. The third-order valence-electron chi connectivity index (χ3n) is 5.50. The Morgan fingerprint density at radius 1 is 1.29 bits per heavy atom. The number of aryl methyl sites for hydroxylation is 2. The van der Waals surface area contributed by atoms with Gasteiger partial charge in [-0.05, 0) is 57.2 Å². The molecule has 1 saturated heterocycles. The highest BCUT2D eigenvalue weighted by Gasteiger charge is 2.39. The number of likely N-dealkylation sites (N-methyl/N-ethyl adjacent to an activating group) is 1. The third kappa shape index (κ3) is 3.78. The lowest BCUT2D eigenvalue weighted by Crippen LogP contribution is -2.38. The van der Waals surface area contributed by atoms with Crippen LogP contribution in [0.3, 0.4) is 0 Å². The number of piperidine rings is 1. The van der Waals surface area contributed by atoms with Crippen molar-refractivity contribution in [2.24, 2.45) is 11.8 Å². The Balaban J connectivity index is 1.54. The zero-order valence-electron chi connectivity index (χ0n) is 14.8. The number of carbonyl (C=O) groups is 2. The van der Waals surface area contributed by atoms with E-state index in [-0.39, 0.29) is 11.8 Å². The van der Waals surface area contributed by atoms with Crippen molar-refractivity contribution in [3.63, 3.8) is 0 Å². The molecule has 1 aromatic carbocycles. The van der Waals surface area contributed by atoms with Crippen molar-refractivity contribution < 1.29 is 9.59 Å². The molecule has 1 aliphatic carbocycles. The van der Waals surface area contributed by atoms with E-state index in [1.54, 1.807) is 0 Å². The van der Waals surface area contributed by atoms with E-state index < -0.39 is 0 Å². The number of amides is 2. The van der Waals surface area contributed by atoms with Gasteiger partial charge in [0.25, 0.3) is 0 Å². The lowest BCUT2D eigenvalue weighted by molar-refractivity contribution is -0.124. The van der Waals surface area contributed by atoms with Crippen molar-refractivity contribution in [1.82, 2.24) is 10.2 Å². The summed E-state index contributed by atoms with van der Waals surface area (Å²) < 4.78 is 0. The Hall–Kier alpha value is -1.88. The first-order valence-electron chi connectivity index (χ1n) is 8.76. The number of hydrogen-bond donors (Lipinski definition) is 2. The van der Waals surface area contributed by atoms with Crippen LogP contribution in [0.2, 0.25) is 0 Å². The fourth-order valence-corrected chi connectivity index (χ4v) is 4.09. The smallest absolute Gasteiger partial charge is 0.238 e. The van der Waals surface area contributed by atoms with Gasteiger partial charge in [0.05, 0.1) is 6.54 Å². The molecule has 2 amide bonds. The summed E-state index contributed by atoms with van der Waals surface area (Å²) in [5, 5.41) is 5.97. The van der Waals surface area contributed by atoms with Crippen LogP contribution in [0, 0.1) is 25.7 Å². The normalized spacial score (nSPS) is 26.2. The molecule has 0 radical (unpaired) electrons. The third-order valence-corrected chi connectivity index (χ3v) is 5.50. The first-order valence-corrected chi connectivity index (χ1v) is 8.76. The van der Waals surface area contributed by atoms with Crippen LogP contribution in [-0.4, -0.2) is 42.9 Å².